The molecule has 30 heavy (non-hydrogen) atoms. The van der Waals surface area contributed by atoms with Gasteiger partial charge in [0.25, 0.3) is 5.91 Å². The minimum absolute atomic E-state index is 0.0629. The van der Waals surface area contributed by atoms with E-state index in [1.54, 1.807) is 7.11 Å². The van der Waals surface area contributed by atoms with Crippen molar-refractivity contribution in [2.75, 3.05) is 7.11 Å². The van der Waals surface area contributed by atoms with Gasteiger partial charge in [-0.3, -0.25) is 9.69 Å². The van der Waals surface area contributed by atoms with Crippen molar-refractivity contribution in [2.45, 2.75) is 45.6 Å². The molecule has 1 saturated carbocycles. The molecule has 0 bridgehead atoms. The van der Waals surface area contributed by atoms with Crippen LogP contribution in [0.3, 0.4) is 0 Å². The van der Waals surface area contributed by atoms with E-state index < -0.39 is 0 Å². The number of methoxy groups -OCH3 is 1. The smallest absolute Gasteiger partial charge is 0.267 e. The highest BCUT2D eigenvalue weighted by Crippen LogP contribution is 2.40. The Labute approximate surface area is 183 Å². The molecule has 1 heterocycles. The Bertz CT molecular complexity index is 984. The topological polar surface area (TPSA) is 41.9 Å². The van der Waals surface area contributed by atoms with Crippen LogP contribution >= 0.6 is 11.8 Å². The number of thioether (sulfide) groups is 1. The van der Waals surface area contributed by atoms with Crippen LogP contribution in [0.5, 0.6) is 5.75 Å². The summed E-state index contributed by atoms with van der Waals surface area (Å²) in [6.07, 6.45) is 6.56. The number of benzene rings is 2. The summed E-state index contributed by atoms with van der Waals surface area (Å²) >= 11 is 1.48. The summed E-state index contributed by atoms with van der Waals surface area (Å²) in [5.74, 6) is 1.37. The van der Waals surface area contributed by atoms with Gasteiger partial charge in [0.05, 0.1) is 17.7 Å². The predicted octanol–water partition coefficient (Wildman–Crippen LogP) is 6.19. The van der Waals surface area contributed by atoms with E-state index in [0.717, 1.165) is 47.0 Å². The first-order chi connectivity index (χ1) is 14.6. The van der Waals surface area contributed by atoms with E-state index in [9.17, 15) is 4.79 Å². The number of carbonyl (C=O) groups excluding carboxylic acids is 1. The lowest BCUT2D eigenvalue weighted by Crippen LogP contribution is -2.44. The van der Waals surface area contributed by atoms with E-state index in [0.29, 0.717) is 10.8 Å². The van der Waals surface area contributed by atoms with Crippen LogP contribution in [0.2, 0.25) is 0 Å². The van der Waals surface area contributed by atoms with Crippen molar-refractivity contribution < 1.29 is 9.53 Å². The molecule has 2 fully saturated rings. The zero-order valence-corrected chi connectivity index (χ0v) is 18.6. The third-order valence-corrected chi connectivity index (χ3v) is 6.93. The van der Waals surface area contributed by atoms with Crippen LogP contribution in [0.4, 0.5) is 5.69 Å². The van der Waals surface area contributed by atoms with Gasteiger partial charge >= 0.3 is 0 Å². The maximum atomic E-state index is 13.5. The van der Waals surface area contributed by atoms with Gasteiger partial charge in [0, 0.05) is 6.04 Å². The number of amidine groups is 1. The van der Waals surface area contributed by atoms with Gasteiger partial charge in [-0.2, -0.15) is 0 Å². The Hall–Kier alpha value is -2.53. The first-order valence-electron chi connectivity index (χ1n) is 10.6. The Morgan fingerprint density at radius 2 is 1.90 bits per heavy atom. The number of aliphatic imine (C=N–C) groups is 1. The fourth-order valence-corrected chi connectivity index (χ4v) is 5.27. The number of hydrogen-bond acceptors (Lipinski definition) is 4. The highest BCUT2D eigenvalue weighted by atomic mass is 32.2. The average Bonchev–Trinajstić information content (AvgIpc) is 3.05. The van der Waals surface area contributed by atoms with E-state index in [1.807, 2.05) is 66.4 Å². The normalized spacial score (nSPS) is 24.6. The average molecular weight is 421 g/mol. The molecular weight excluding hydrogens is 392 g/mol. The molecular formula is C25H28N2O2S. The molecule has 1 aliphatic heterocycles. The number of aryl methyl sites for hydroxylation is 1. The van der Waals surface area contributed by atoms with Gasteiger partial charge in [-0.1, -0.05) is 50.1 Å². The molecule has 0 spiro atoms. The minimum Gasteiger partial charge on any atom is -0.496 e. The van der Waals surface area contributed by atoms with Crippen molar-refractivity contribution in [3.63, 3.8) is 0 Å². The largest absolute Gasteiger partial charge is 0.496 e. The van der Waals surface area contributed by atoms with Crippen molar-refractivity contribution >= 4 is 34.6 Å². The van der Waals surface area contributed by atoms with Gasteiger partial charge in [0.15, 0.2) is 5.17 Å². The van der Waals surface area contributed by atoms with E-state index >= 15 is 0 Å². The number of carbonyl (C=O) groups is 1. The Morgan fingerprint density at radius 1 is 1.13 bits per heavy atom. The van der Waals surface area contributed by atoms with E-state index in [4.69, 9.17) is 9.73 Å². The van der Waals surface area contributed by atoms with E-state index in [2.05, 4.69) is 6.92 Å². The van der Waals surface area contributed by atoms with Gasteiger partial charge < -0.3 is 4.74 Å². The summed E-state index contributed by atoms with van der Waals surface area (Å²) in [6.45, 7) is 4.27. The summed E-state index contributed by atoms with van der Waals surface area (Å²) in [5.41, 5.74) is 2.92. The zero-order valence-electron chi connectivity index (χ0n) is 17.8. The molecule has 0 N–H and O–H groups in total. The SMILES string of the molecule is COc1cc(/C=C2\SC(=Nc3ccccc3)N([C@@H]3CCCC[C@@H]3C)C2=O)ccc1C. The Balaban J connectivity index is 1.72. The van der Waals surface area contributed by atoms with Crippen molar-refractivity contribution in [2.24, 2.45) is 10.9 Å². The summed E-state index contributed by atoms with van der Waals surface area (Å²) in [7, 11) is 1.67. The van der Waals surface area contributed by atoms with Crippen LogP contribution in [0, 0.1) is 12.8 Å². The molecule has 0 aromatic heterocycles. The quantitative estimate of drug-likeness (QED) is 0.554. The monoisotopic (exact) mass is 420 g/mol. The second-order valence-corrected chi connectivity index (χ2v) is 9.08. The van der Waals surface area contributed by atoms with E-state index in [1.165, 1.54) is 18.2 Å². The van der Waals surface area contributed by atoms with Crippen LogP contribution in [-0.4, -0.2) is 29.1 Å². The minimum atomic E-state index is 0.0629. The van der Waals surface area contributed by atoms with Gasteiger partial charge in [-0.25, -0.2) is 4.99 Å². The summed E-state index contributed by atoms with van der Waals surface area (Å²) in [5, 5.41) is 0.787. The van der Waals surface area contributed by atoms with Gasteiger partial charge in [-0.15, -0.1) is 0 Å². The van der Waals surface area contributed by atoms with Crippen LogP contribution in [-0.2, 0) is 4.79 Å². The Kier molecular flexibility index (Phi) is 6.28. The molecule has 0 unspecified atom stereocenters. The lowest BCUT2D eigenvalue weighted by atomic mass is 9.85. The molecule has 1 aliphatic carbocycles. The second kappa shape index (κ2) is 9.09. The Morgan fingerprint density at radius 3 is 2.63 bits per heavy atom. The number of ether oxygens (including phenoxy) is 1. The van der Waals surface area contributed by atoms with Gasteiger partial charge in [0.1, 0.15) is 5.75 Å². The van der Waals surface area contributed by atoms with Crippen molar-refractivity contribution in [3.8, 4) is 5.75 Å². The second-order valence-electron chi connectivity index (χ2n) is 8.07. The first kappa shape index (κ1) is 20.7. The number of hydrogen-bond donors (Lipinski definition) is 0. The van der Waals surface area contributed by atoms with Crippen LogP contribution in [0.15, 0.2) is 58.4 Å². The van der Waals surface area contributed by atoms with Crippen LogP contribution in [0.25, 0.3) is 6.08 Å². The zero-order chi connectivity index (χ0) is 21.1. The first-order valence-corrected chi connectivity index (χ1v) is 11.4. The van der Waals surface area contributed by atoms with Gasteiger partial charge in [-0.05, 0) is 72.8 Å². The van der Waals surface area contributed by atoms with Gasteiger partial charge in [0.2, 0.25) is 0 Å². The molecule has 1 saturated heterocycles. The molecule has 2 aromatic carbocycles. The number of amides is 1. The number of rotatable bonds is 4. The number of nitrogens with zero attached hydrogens (tertiary/aromatic N) is 2. The lowest BCUT2D eigenvalue weighted by Gasteiger charge is -2.35. The highest BCUT2D eigenvalue weighted by molar-refractivity contribution is 8.18. The molecule has 2 aromatic rings. The third kappa shape index (κ3) is 4.31. The maximum absolute atomic E-state index is 13.5. The van der Waals surface area contributed by atoms with E-state index in [-0.39, 0.29) is 11.9 Å². The number of para-hydroxylation sites is 1. The molecule has 2 atom stereocenters. The molecule has 0 radical (unpaired) electrons. The molecule has 156 valence electrons. The molecule has 5 heteroatoms. The molecule has 2 aliphatic rings. The standard InChI is InChI=1S/C25H28N2O2S/c1-17-9-7-8-12-21(17)27-24(28)23(16-19-14-13-18(2)22(15-19)29-3)30-25(27)26-20-10-5-4-6-11-20/h4-6,10-11,13-17,21H,7-9,12H2,1-3H3/b23-16-,26-25?/t17-,21+/m0/s1. The summed E-state index contributed by atoms with van der Waals surface area (Å²) in [6, 6.07) is 16.1. The lowest BCUT2D eigenvalue weighted by molar-refractivity contribution is -0.124. The van der Waals surface area contributed by atoms with Crippen LogP contribution in [0.1, 0.15) is 43.7 Å². The summed E-state index contributed by atoms with van der Waals surface area (Å²) < 4.78 is 5.45. The maximum Gasteiger partial charge on any atom is 0.267 e. The van der Waals surface area contributed by atoms with Crippen molar-refractivity contribution in [3.05, 3.63) is 64.6 Å². The van der Waals surface area contributed by atoms with Crippen LogP contribution < -0.4 is 4.74 Å². The predicted molar refractivity (Wildman–Crippen MR) is 125 cm³/mol. The summed E-state index contributed by atoms with van der Waals surface area (Å²) in [4.78, 5) is 21.0. The highest BCUT2D eigenvalue weighted by Gasteiger charge is 2.41. The molecule has 1 amide bonds. The van der Waals surface area contributed by atoms with Crippen molar-refractivity contribution in [1.29, 1.82) is 0 Å². The molecule has 4 nitrogen and oxygen atoms in total. The molecule has 4 rings (SSSR count). The third-order valence-electron chi connectivity index (χ3n) is 5.95. The fraction of sp³-hybridized carbons (Fsp3) is 0.360. The van der Waals surface area contributed by atoms with Crippen molar-refractivity contribution in [1.82, 2.24) is 4.90 Å². The fourth-order valence-electron chi connectivity index (χ4n) is 4.23.